The Bertz CT molecular complexity index is 515. The summed E-state index contributed by atoms with van der Waals surface area (Å²) in [6, 6.07) is -0.248. The zero-order chi connectivity index (χ0) is 13.5. The van der Waals surface area contributed by atoms with Crippen LogP contribution in [-0.4, -0.2) is 28.2 Å². The van der Waals surface area contributed by atoms with E-state index in [2.05, 4.69) is 4.98 Å². The van der Waals surface area contributed by atoms with Gasteiger partial charge in [-0.1, -0.05) is 0 Å². The van der Waals surface area contributed by atoms with Crippen LogP contribution in [0.3, 0.4) is 0 Å². The maximum absolute atomic E-state index is 11.8. The Labute approximate surface area is 102 Å². The number of nitrogens with two attached hydrogens (primary N) is 2. The number of nitrogens with zero attached hydrogens (tertiary/aromatic N) is 3. The van der Waals surface area contributed by atoms with Crippen molar-refractivity contribution in [2.24, 2.45) is 12.8 Å². The molecule has 0 bridgehead atoms. The van der Waals surface area contributed by atoms with Gasteiger partial charge in [0.1, 0.15) is 5.82 Å². The normalized spacial score (nSPS) is 20.2. The maximum atomic E-state index is 11.8. The van der Waals surface area contributed by atoms with Gasteiger partial charge in [0.15, 0.2) is 0 Å². The minimum atomic E-state index is -0.418. The summed E-state index contributed by atoms with van der Waals surface area (Å²) in [7, 11) is 1.61. The van der Waals surface area contributed by atoms with E-state index in [4.69, 9.17) is 12.8 Å². The molecule has 1 fully saturated rings. The number of nitrogen functional groups attached to an aromatic ring is 1. The molecule has 1 aromatic heterocycles. The van der Waals surface area contributed by atoms with E-state index in [0.29, 0.717) is 5.95 Å². The topological polar surface area (TPSA) is 90.2 Å². The lowest BCUT2D eigenvalue weighted by Crippen LogP contribution is -2.49. The monoisotopic (exact) mass is 238 g/mol. The molecule has 0 aliphatic carbocycles. The number of piperidine rings is 1. The summed E-state index contributed by atoms with van der Waals surface area (Å²) in [6.07, 6.45) is 1.68. The van der Waals surface area contributed by atoms with Gasteiger partial charge < -0.3 is 16.4 Å². The Morgan fingerprint density at radius 1 is 1.53 bits per heavy atom. The van der Waals surface area contributed by atoms with Crippen LogP contribution in [-0.2, 0) is 7.05 Å². The fourth-order valence-corrected chi connectivity index (χ4v) is 2.00. The Hall–Kier alpha value is -1.56. The lowest BCUT2D eigenvalue weighted by atomic mass is 9.91. The first kappa shape index (κ1) is 10.6. The Balaban J connectivity index is 2.33. The molecule has 17 heavy (non-hydrogen) atoms. The number of rotatable bonds is 1. The van der Waals surface area contributed by atoms with E-state index in [1.165, 1.54) is 4.57 Å². The molecular weight excluding hydrogens is 218 g/mol. The Morgan fingerprint density at radius 3 is 2.71 bits per heavy atom. The molecular formula is C11H19N5O. The van der Waals surface area contributed by atoms with Gasteiger partial charge in [0.2, 0.25) is 5.95 Å². The van der Waals surface area contributed by atoms with Crippen LogP contribution in [0, 0.1) is 0 Å². The van der Waals surface area contributed by atoms with Crippen LogP contribution in [0.4, 0.5) is 11.8 Å². The number of hydrogen-bond donors (Lipinski definition) is 2. The zero-order valence-electron chi connectivity index (χ0n) is 11.2. The van der Waals surface area contributed by atoms with Crippen molar-refractivity contribution in [1.82, 2.24) is 9.55 Å². The van der Waals surface area contributed by atoms with Crippen molar-refractivity contribution in [1.29, 1.82) is 0 Å². The van der Waals surface area contributed by atoms with Crippen molar-refractivity contribution in [3.05, 3.63) is 16.4 Å². The van der Waals surface area contributed by atoms with Crippen LogP contribution in [0.2, 0.25) is 0 Å². The van der Waals surface area contributed by atoms with Crippen molar-refractivity contribution < 1.29 is 1.37 Å². The lowest BCUT2D eigenvalue weighted by Gasteiger charge is -2.37. The van der Waals surface area contributed by atoms with E-state index in [0.717, 1.165) is 25.9 Å². The SMILES string of the molecule is [2H]c1c(N)nc(N2CCC(C)(N)CC2)n(C)c1=O. The van der Waals surface area contributed by atoms with E-state index >= 15 is 0 Å². The van der Waals surface area contributed by atoms with Gasteiger partial charge in [-0.05, 0) is 19.8 Å². The number of anilines is 2. The van der Waals surface area contributed by atoms with Crippen molar-refractivity contribution in [3.63, 3.8) is 0 Å². The Morgan fingerprint density at radius 2 is 2.12 bits per heavy atom. The fraction of sp³-hybridized carbons (Fsp3) is 0.636. The molecule has 0 unspecified atom stereocenters. The second-order valence-corrected chi connectivity index (χ2v) is 4.93. The summed E-state index contributed by atoms with van der Waals surface area (Å²) in [5.74, 6) is 0.498. The highest BCUT2D eigenvalue weighted by molar-refractivity contribution is 5.39. The second-order valence-electron chi connectivity index (χ2n) is 4.93. The average molecular weight is 238 g/mol. The lowest BCUT2D eigenvalue weighted by molar-refractivity contribution is 0.360. The minimum absolute atomic E-state index is 0.0193. The van der Waals surface area contributed by atoms with Gasteiger partial charge in [-0.3, -0.25) is 9.36 Å². The number of aromatic nitrogens is 2. The van der Waals surface area contributed by atoms with Crippen molar-refractivity contribution in [3.8, 4) is 0 Å². The molecule has 1 aliphatic rings. The van der Waals surface area contributed by atoms with E-state index in [-0.39, 0.29) is 17.4 Å². The zero-order valence-corrected chi connectivity index (χ0v) is 10.2. The van der Waals surface area contributed by atoms with Gasteiger partial charge in [-0.15, -0.1) is 0 Å². The van der Waals surface area contributed by atoms with Crippen molar-refractivity contribution in [2.45, 2.75) is 25.3 Å². The minimum Gasteiger partial charge on any atom is -0.383 e. The molecule has 0 spiro atoms. The highest BCUT2D eigenvalue weighted by atomic mass is 16.1. The standard InChI is InChI=1S/C11H19N5O/c1-11(13)3-5-16(6-4-11)10-14-8(12)7-9(17)15(10)2/h7H,3-6,12-13H2,1-2H3/i7D. The summed E-state index contributed by atoms with van der Waals surface area (Å²) in [6.45, 7) is 3.51. The van der Waals surface area contributed by atoms with Crippen LogP contribution in [0.15, 0.2) is 10.8 Å². The summed E-state index contributed by atoms with van der Waals surface area (Å²) < 4.78 is 8.87. The molecule has 6 nitrogen and oxygen atoms in total. The van der Waals surface area contributed by atoms with Crippen molar-refractivity contribution in [2.75, 3.05) is 23.7 Å². The predicted octanol–water partition coefficient (Wildman–Crippen LogP) is -0.320. The summed E-state index contributed by atoms with van der Waals surface area (Å²) in [5.41, 5.74) is 11.1. The van der Waals surface area contributed by atoms with E-state index in [9.17, 15) is 4.79 Å². The summed E-state index contributed by atoms with van der Waals surface area (Å²) in [5, 5.41) is 0. The quantitative estimate of drug-likeness (QED) is 0.700. The maximum Gasteiger partial charge on any atom is 0.256 e. The first-order chi connectivity index (χ1) is 8.32. The van der Waals surface area contributed by atoms with E-state index in [1.807, 2.05) is 11.8 Å². The molecule has 1 saturated heterocycles. The van der Waals surface area contributed by atoms with Gasteiger partial charge in [-0.25, -0.2) is 0 Å². The summed E-state index contributed by atoms with van der Waals surface area (Å²) in [4.78, 5) is 17.9. The third-order valence-electron chi connectivity index (χ3n) is 3.25. The van der Waals surface area contributed by atoms with Crippen LogP contribution in [0.25, 0.3) is 0 Å². The van der Waals surface area contributed by atoms with Crippen LogP contribution >= 0.6 is 0 Å². The van der Waals surface area contributed by atoms with Crippen LogP contribution in [0.5, 0.6) is 0 Å². The van der Waals surface area contributed by atoms with Crippen LogP contribution < -0.4 is 21.9 Å². The molecule has 0 radical (unpaired) electrons. The van der Waals surface area contributed by atoms with Gasteiger partial charge >= 0.3 is 0 Å². The third-order valence-corrected chi connectivity index (χ3v) is 3.25. The molecule has 94 valence electrons. The molecule has 0 aromatic carbocycles. The molecule has 2 rings (SSSR count). The molecule has 0 saturated carbocycles. The fourth-order valence-electron chi connectivity index (χ4n) is 2.00. The van der Waals surface area contributed by atoms with Crippen molar-refractivity contribution >= 4 is 11.8 Å². The van der Waals surface area contributed by atoms with E-state index in [1.54, 1.807) is 7.05 Å². The van der Waals surface area contributed by atoms with Gasteiger partial charge in [0.05, 0.1) is 1.37 Å². The van der Waals surface area contributed by atoms with Gasteiger partial charge in [0, 0.05) is 31.7 Å². The first-order valence-electron chi connectivity index (χ1n) is 6.19. The first-order valence-corrected chi connectivity index (χ1v) is 5.69. The Kier molecular flexibility index (Phi) is 2.51. The smallest absolute Gasteiger partial charge is 0.256 e. The number of hydrogen-bond acceptors (Lipinski definition) is 5. The summed E-state index contributed by atoms with van der Waals surface area (Å²) >= 11 is 0. The predicted molar refractivity (Wildman–Crippen MR) is 67.9 cm³/mol. The molecule has 1 aromatic rings. The molecule has 6 heteroatoms. The molecule has 4 N–H and O–H groups in total. The molecule has 0 amide bonds. The molecule has 1 aliphatic heterocycles. The second kappa shape index (κ2) is 4.03. The third kappa shape index (κ3) is 2.41. The largest absolute Gasteiger partial charge is 0.383 e. The highest BCUT2D eigenvalue weighted by Crippen LogP contribution is 2.22. The van der Waals surface area contributed by atoms with E-state index < -0.39 is 5.56 Å². The highest BCUT2D eigenvalue weighted by Gasteiger charge is 2.27. The average Bonchev–Trinajstić information content (AvgIpc) is 2.32. The van der Waals surface area contributed by atoms with Gasteiger partial charge in [0.25, 0.3) is 5.56 Å². The molecule has 2 heterocycles. The van der Waals surface area contributed by atoms with Crippen LogP contribution in [0.1, 0.15) is 21.1 Å². The van der Waals surface area contributed by atoms with Gasteiger partial charge in [-0.2, -0.15) is 4.98 Å². The molecule has 0 atom stereocenters.